The Morgan fingerprint density at radius 1 is 0.800 bits per heavy atom. The first-order valence-electron chi connectivity index (χ1n) is 10.8. The van der Waals surface area contributed by atoms with E-state index >= 15 is 0 Å². The number of nitrogens with one attached hydrogen (secondary N) is 1. The fraction of sp³-hybridized carbons (Fsp3) is 0.148. The van der Waals surface area contributed by atoms with Crippen LogP contribution in [0.4, 0.5) is 5.69 Å². The molecule has 3 aromatic carbocycles. The van der Waals surface area contributed by atoms with E-state index in [1.54, 1.807) is 24.3 Å². The zero-order chi connectivity index (χ0) is 25.0. The number of hydrogen-bond acceptors (Lipinski definition) is 7. The standard InChI is InChI=1S/C27H21NO7/c1-17-3-2-4-22-23(17)28-26(33)27(22,20-9-5-18(6-10-20)24(31)34-15-13-29)21-11-7-19(8-12-21)25(32)35-16-14-30/h2-14H,15-16H2,1H3,(H,28,33). The van der Waals surface area contributed by atoms with Crippen molar-refractivity contribution in [1.29, 1.82) is 0 Å². The summed E-state index contributed by atoms with van der Waals surface area (Å²) in [5, 5.41) is 2.98. The fourth-order valence-electron chi connectivity index (χ4n) is 4.31. The lowest BCUT2D eigenvalue weighted by Gasteiger charge is -2.29. The zero-order valence-corrected chi connectivity index (χ0v) is 18.8. The van der Waals surface area contributed by atoms with Crippen molar-refractivity contribution in [2.45, 2.75) is 12.3 Å². The number of hydrogen-bond donors (Lipinski definition) is 1. The Labute approximate surface area is 200 Å². The SMILES string of the molecule is Cc1cccc2c1NC(=O)C2(c1ccc(C(=O)OCC=O)cc1)c1ccc(C(=O)OCC=O)cc1. The number of carbonyl (C=O) groups excluding carboxylic acids is 5. The van der Waals surface area contributed by atoms with E-state index < -0.39 is 17.4 Å². The number of fused-ring (bicyclic) bond motifs is 1. The number of para-hydroxylation sites is 1. The minimum absolute atomic E-state index is 0.238. The third kappa shape index (κ3) is 4.10. The Bertz CT molecular complexity index is 1240. The van der Waals surface area contributed by atoms with Crippen molar-refractivity contribution in [3.05, 3.63) is 100 Å². The summed E-state index contributed by atoms with van der Waals surface area (Å²) >= 11 is 0. The van der Waals surface area contributed by atoms with Gasteiger partial charge in [0, 0.05) is 11.3 Å². The molecular weight excluding hydrogens is 450 g/mol. The number of ether oxygens (including phenoxy) is 2. The summed E-state index contributed by atoms with van der Waals surface area (Å²) in [6.45, 7) is 1.20. The summed E-state index contributed by atoms with van der Waals surface area (Å²) in [5.74, 6) is -1.58. The maximum atomic E-state index is 13.7. The molecule has 35 heavy (non-hydrogen) atoms. The van der Waals surface area contributed by atoms with Crippen LogP contribution in [0.3, 0.4) is 0 Å². The van der Waals surface area contributed by atoms with Crippen LogP contribution < -0.4 is 5.32 Å². The van der Waals surface area contributed by atoms with Crippen LogP contribution in [0.1, 0.15) is 43.0 Å². The van der Waals surface area contributed by atoms with E-state index in [1.165, 1.54) is 24.3 Å². The van der Waals surface area contributed by atoms with E-state index in [-0.39, 0.29) is 30.2 Å². The lowest BCUT2D eigenvalue weighted by atomic mass is 9.70. The van der Waals surface area contributed by atoms with E-state index in [0.29, 0.717) is 29.4 Å². The van der Waals surface area contributed by atoms with Gasteiger partial charge in [-0.1, -0.05) is 42.5 Å². The van der Waals surface area contributed by atoms with Crippen LogP contribution in [-0.4, -0.2) is 43.6 Å². The average Bonchev–Trinajstić information content (AvgIpc) is 3.19. The van der Waals surface area contributed by atoms with Gasteiger partial charge in [-0.05, 0) is 47.9 Å². The molecule has 0 saturated heterocycles. The van der Waals surface area contributed by atoms with Gasteiger partial charge in [0.25, 0.3) is 0 Å². The van der Waals surface area contributed by atoms with Crippen LogP contribution >= 0.6 is 0 Å². The topological polar surface area (TPSA) is 116 Å². The lowest BCUT2D eigenvalue weighted by molar-refractivity contribution is -0.118. The molecule has 0 fully saturated rings. The predicted molar refractivity (Wildman–Crippen MR) is 125 cm³/mol. The molecule has 0 bridgehead atoms. The quantitative estimate of drug-likeness (QED) is 0.397. The van der Waals surface area contributed by atoms with Crippen LogP contribution in [0.2, 0.25) is 0 Å². The zero-order valence-electron chi connectivity index (χ0n) is 18.8. The summed E-state index contributed by atoms with van der Waals surface area (Å²) in [6, 6.07) is 18.4. The molecule has 0 spiro atoms. The Balaban J connectivity index is 1.83. The summed E-state index contributed by atoms with van der Waals surface area (Å²) < 4.78 is 9.71. The van der Waals surface area contributed by atoms with Gasteiger partial charge < -0.3 is 14.8 Å². The van der Waals surface area contributed by atoms with E-state index in [0.717, 1.165) is 11.1 Å². The van der Waals surface area contributed by atoms with Gasteiger partial charge in [-0.2, -0.15) is 0 Å². The molecule has 3 aromatic rings. The van der Waals surface area contributed by atoms with Gasteiger partial charge in [-0.3, -0.25) is 14.4 Å². The molecule has 1 N–H and O–H groups in total. The molecule has 8 nitrogen and oxygen atoms in total. The van der Waals surface area contributed by atoms with Crippen LogP contribution in [0, 0.1) is 6.92 Å². The molecule has 0 atom stereocenters. The first kappa shape index (κ1) is 23.6. The summed E-state index contributed by atoms with van der Waals surface area (Å²) in [5.41, 5.74) is 2.74. The van der Waals surface area contributed by atoms with E-state index in [1.807, 2.05) is 25.1 Å². The fourth-order valence-corrected chi connectivity index (χ4v) is 4.31. The van der Waals surface area contributed by atoms with Crippen LogP contribution in [0.15, 0.2) is 66.7 Å². The highest BCUT2D eigenvalue weighted by Crippen LogP contribution is 2.48. The molecule has 0 saturated carbocycles. The Morgan fingerprint density at radius 2 is 1.29 bits per heavy atom. The smallest absolute Gasteiger partial charge is 0.338 e. The molecule has 0 radical (unpaired) electrons. The Kier molecular flexibility index (Phi) is 6.55. The molecule has 1 amide bonds. The van der Waals surface area contributed by atoms with Crippen molar-refractivity contribution in [1.82, 2.24) is 0 Å². The first-order valence-corrected chi connectivity index (χ1v) is 10.8. The van der Waals surface area contributed by atoms with Gasteiger partial charge in [0.15, 0.2) is 12.6 Å². The highest BCUT2D eigenvalue weighted by molar-refractivity contribution is 6.12. The van der Waals surface area contributed by atoms with Crippen molar-refractivity contribution in [3.63, 3.8) is 0 Å². The van der Waals surface area contributed by atoms with E-state index in [4.69, 9.17) is 9.47 Å². The number of aldehydes is 2. The van der Waals surface area contributed by atoms with Gasteiger partial charge in [0.2, 0.25) is 5.91 Å². The Morgan fingerprint density at radius 3 is 1.74 bits per heavy atom. The van der Waals surface area contributed by atoms with Gasteiger partial charge in [-0.25, -0.2) is 9.59 Å². The van der Waals surface area contributed by atoms with E-state index in [9.17, 15) is 24.0 Å². The molecule has 1 aliphatic rings. The predicted octanol–water partition coefficient (Wildman–Crippen LogP) is 2.99. The minimum Gasteiger partial charge on any atom is -0.454 e. The van der Waals surface area contributed by atoms with Crippen LogP contribution in [-0.2, 0) is 29.3 Å². The van der Waals surface area contributed by atoms with E-state index in [2.05, 4.69) is 5.32 Å². The van der Waals surface area contributed by atoms with Crippen molar-refractivity contribution in [3.8, 4) is 0 Å². The highest BCUT2D eigenvalue weighted by atomic mass is 16.5. The largest absolute Gasteiger partial charge is 0.454 e. The molecule has 0 aliphatic carbocycles. The highest BCUT2D eigenvalue weighted by Gasteiger charge is 2.50. The number of anilines is 1. The van der Waals surface area contributed by atoms with Gasteiger partial charge in [-0.15, -0.1) is 0 Å². The maximum Gasteiger partial charge on any atom is 0.338 e. The number of aryl methyl sites for hydroxylation is 1. The number of benzene rings is 3. The lowest BCUT2D eigenvalue weighted by Crippen LogP contribution is -2.37. The summed E-state index contributed by atoms with van der Waals surface area (Å²) in [4.78, 5) is 58.9. The van der Waals surface area contributed by atoms with Crippen molar-refractivity contribution in [2.24, 2.45) is 0 Å². The summed E-state index contributed by atoms with van der Waals surface area (Å²) in [6.07, 6.45) is 0.976. The van der Waals surface area contributed by atoms with Crippen molar-refractivity contribution < 1.29 is 33.4 Å². The number of esters is 2. The first-order chi connectivity index (χ1) is 16.9. The molecule has 1 aliphatic heterocycles. The van der Waals surface area contributed by atoms with Gasteiger partial charge in [0.05, 0.1) is 11.1 Å². The third-order valence-corrected chi connectivity index (χ3v) is 5.93. The molecule has 4 rings (SSSR count). The Hall–Kier alpha value is -4.59. The monoisotopic (exact) mass is 471 g/mol. The molecule has 176 valence electrons. The van der Waals surface area contributed by atoms with Crippen molar-refractivity contribution in [2.75, 3.05) is 18.5 Å². The van der Waals surface area contributed by atoms with Crippen molar-refractivity contribution >= 4 is 36.1 Å². The second-order valence-electron chi connectivity index (χ2n) is 7.89. The molecule has 0 aromatic heterocycles. The number of rotatable bonds is 8. The average molecular weight is 471 g/mol. The van der Waals surface area contributed by atoms with Gasteiger partial charge >= 0.3 is 11.9 Å². The van der Waals surface area contributed by atoms with Crippen LogP contribution in [0.5, 0.6) is 0 Å². The summed E-state index contributed by atoms with van der Waals surface area (Å²) in [7, 11) is 0. The molecular formula is C27H21NO7. The van der Waals surface area contributed by atoms with Gasteiger partial charge in [0.1, 0.15) is 18.6 Å². The number of carbonyl (C=O) groups is 5. The molecule has 1 heterocycles. The number of amides is 1. The van der Waals surface area contributed by atoms with Crippen LogP contribution in [0.25, 0.3) is 0 Å². The molecule has 0 unspecified atom stereocenters. The second-order valence-corrected chi connectivity index (χ2v) is 7.89. The maximum absolute atomic E-state index is 13.7. The third-order valence-electron chi connectivity index (χ3n) is 5.93. The molecule has 8 heteroatoms. The normalized spacial score (nSPS) is 13.3. The second kappa shape index (κ2) is 9.72. The minimum atomic E-state index is -1.25.